The Kier molecular flexibility index (Phi) is 4.68. The maximum Gasteiger partial charge on any atom is 0.335 e. The Bertz CT molecular complexity index is 635. The molecule has 0 bridgehead atoms. The molecular weight excluding hydrogens is 290 g/mol. The van der Waals surface area contributed by atoms with Crippen molar-refractivity contribution in [1.82, 2.24) is 4.72 Å². The molecule has 1 unspecified atom stereocenters. The van der Waals surface area contributed by atoms with Crippen LogP contribution in [0.2, 0.25) is 0 Å². The van der Waals surface area contributed by atoms with Crippen LogP contribution in [0.25, 0.3) is 0 Å². The Labute approximate surface area is 125 Å². The monoisotopic (exact) mass is 311 g/mol. The highest BCUT2D eigenvalue weighted by Gasteiger charge is 2.28. The van der Waals surface area contributed by atoms with Crippen molar-refractivity contribution in [3.63, 3.8) is 0 Å². The predicted octanol–water partition coefficient (Wildman–Crippen LogP) is 2.55. The number of carboxylic acids is 1. The van der Waals surface area contributed by atoms with Crippen molar-refractivity contribution < 1.29 is 18.3 Å². The molecule has 21 heavy (non-hydrogen) atoms. The number of aromatic carboxylic acids is 1. The van der Waals surface area contributed by atoms with Crippen molar-refractivity contribution in [2.45, 2.75) is 50.5 Å². The van der Waals surface area contributed by atoms with Gasteiger partial charge in [-0.05, 0) is 43.4 Å². The van der Waals surface area contributed by atoms with Crippen LogP contribution in [0.15, 0.2) is 23.1 Å². The first-order valence-corrected chi connectivity index (χ1v) is 8.68. The van der Waals surface area contributed by atoms with E-state index < -0.39 is 16.0 Å². The molecule has 5 nitrogen and oxygen atoms in total. The lowest BCUT2D eigenvalue weighted by atomic mass is 10.1. The van der Waals surface area contributed by atoms with E-state index in [9.17, 15) is 13.2 Å². The van der Waals surface area contributed by atoms with Crippen LogP contribution in [0.3, 0.4) is 0 Å². The molecule has 0 radical (unpaired) electrons. The van der Waals surface area contributed by atoms with Crippen LogP contribution in [0.1, 0.15) is 48.5 Å². The average molecular weight is 311 g/mol. The highest BCUT2D eigenvalue weighted by Crippen LogP contribution is 2.34. The quantitative estimate of drug-likeness (QED) is 0.810. The first kappa shape index (κ1) is 16.0. The first-order chi connectivity index (χ1) is 9.85. The van der Waals surface area contributed by atoms with Gasteiger partial charge in [-0.25, -0.2) is 17.9 Å². The van der Waals surface area contributed by atoms with Gasteiger partial charge in [-0.1, -0.05) is 25.8 Å². The molecule has 1 fully saturated rings. The predicted molar refractivity (Wildman–Crippen MR) is 79.9 cm³/mol. The summed E-state index contributed by atoms with van der Waals surface area (Å²) in [5.74, 6) is -0.487. The van der Waals surface area contributed by atoms with E-state index in [2.05, 4.69) is 4.72 Å². The molecule has 1 aromatic carbocycles. The SMILES string of the molecule is CCC(CC1CC1)NS(=O)(=O)c1cccc(C(=O)O)c1C. The van der Waals surface area contributed by atoms with E-state index in [4.69, 9.17) is 5.11 Å². The summed E-state index contributed by atoms with van der Waals surface area (Å²) in [6.07, 6.45) is 3.93. The van der Waals surface area contributed by atoms with Gasteiger partial charge in [0.2, 0.25) is 10.0 Å². The lowest BCUT2D eigenvalue weighted by molar-refractivity contribution is 0.0696. The van der Waals surface area contributed by atoms with E-state index in [1.807, 2.05) is 6.92 Å². The summed E-state index contributed by atoms with van der Waals surface area (Å²) in [5.41, 5.74) is 0.298. The van der Waals surface area contributed by atoms with Gasteiger partial charge in [0.15, 0.2) is 0 Å². The van der Waals surface area contributed by atoms with Crippen LogP contribution in [0, 0.1) is 12.8 Å². The fourth-order valence-corrected chi connectivity index (χ4v) is 4.07. The molecule has 0 heterocycles. The number of nitrogens with one attached hydrogen (secondary N) is 1. The van der Waals surface area contributed by atoms with Crippen LogP contribution in [0.5, 0.6) is 0 Å². The molecule has 0 amide bonds. The van der Waals surface area contributed by atoms with Crippen LogP contribution in [-0.4, -0.2) is 25.5 Å². The molecule has 2 N–H and O–H groups in total. The number of carbonyl (C=O) groups is 1. The van der Waals surface area contributed by atoms with E-state index in [-0.39, 0.29) is 22.1 Å². The van der Waals surface area contributed by atoms with E-state index in [0.717, 1.165) is 12.8 Å². The van der Waals surface area contributed by atoms with Gasteiger partial charge in [0, 0.05) is 6.04 Å². The Morgan fingerprint density at radius 2 is 2.10 bits per heavy atom. The van der Waals surface area contributed by atoms with E-state index in [1.165, 1.54) is 38.0 Å². The van der Waals surface area contributed by atoms with E-state index in [0.29, 0.717) is 5.92 Å². The van der Waals surface area contributed by atoms with Gasteiger partial charge < -0.3 is 5.11 Å². The number of hydrogen-bond acceptors (Lipinski definition) is 3. The fraction of sp³-hybridized carbons (Fsp3) is 0.533. The normalized spacial score (nSPS) is 16.7. The van der Waals surface area contributed by atoms with Gasteiger partial charge in [0.25, 0.3) is 0 Å². The molecule has 0 saturated heterocycles. The van der Waals surface area contributed by atoms with E-state index >= 15 is 0 Å². The van der Waals surface area contributed by atoms with Crippen molar-refractivity contribution in [2.24, 2.45) is 5.92 Å². The summed E-state index contributed by atoms with van der Waals surface area (Å²) in [4.78, 5) is 11.2. The van der Waals surface area contributed by atoms with Crippen LogP contribution in [-0.2, 0) is 10.0 Å². The third kappa shape index (κ3) is 3.83. The molecule has 2 rings (SSSR count). The summed E-state index contributed by atoms with van der Waals surface area (Å²) < 4.78 is 27.7. The zero-order chi connectivity index (χ0) is 15.6. The molecule has 1 saturated carbocycles. The third-order valence-electron chi connectivity index (χ3n) is 3.93. The molecule has 0 aromatic heterocycles. The molecule has 0 aliphatic heterocycles. The summed E-state index contributed by atoms with van der Waals surface area (Å²) in [6, 6.07) is 4.24. The maximum absolute atomic E-state index is 12.5. The molecule has 1 aromatic rings. The minimum atomic E-state index is -3.69. The molecule has 1 aliphatic rings. The highest BCUT2D eigenvalue weighted by atomic mass is 32.2. The molecule has 1 atom stereocenters. The van der Waals surface area contributed by atoms with Crippen molar-refractivity contribution in [2.75, 3.05) is 0 Å². The second-order valence-corrected chi connectivity index (χ2v) is 7.32. The Balaban J connectivity index is 2.26. The molecule has 1 aliphatic carbocycles. The minimum Gasteiger partial charge on any atom is -0.478 e. The van der Waals surface area contributed by atoms with E-state index in [1.54, 1.807) is 0 Å². The molecule has 6 heteroatoms. The number of benzene rings is 1. The summed E-state index contributed by atoms with van der Waals surface area (Å²) in [5, 5.41) is 9.10. The van der Waals surface area contributed by atoms with Crippen molar-refractivity contribution in [1.29, 1.82) is 0 Å². The van der Waals surface area contributed by atoms with Gasteiger partial charge in [-0.3, -0.25) is 0 Å². The fourth-order valence-electron chi connectivity index (χ4n) is 2.47. The Morgan fingerprint density at radius 3 is 2.62 bits per heavy atom. The Morgan fingerprint density at radius 1 is 1.43 bits per heavy atom. The summed E-state index contributed by atoms with van der Waals surface area (Å²) in [6.45, 7) is 3.48. The van der Waals surface area contributed by atoms with Gasteiger partial charge in [-0.15, -0.1) is 0 Å². The van der Waals surface area contributed by atoms with Gasteiger partial charge >= 0.3 is 5.97 Å². The zero-order valence-corrected chi connectivity index (χ0v) is 13.1. The lowest BCUT2D eigenvalue weighted by Crippen LogP contribution is -2.35. The summed E-state index contributed by atoms with van der Waals surface area (Å²) >= 11 is 0. The van der Waals surface area contributed by atoms with Crippen LogP contribution in [0.4, 0.5) is 0 Å². The van der Waals surface area contributed by atoms with Gasteiger partial charge in [-0.2, -0.15) is 0 Å². The highest BCUT2D eigenvalue weighted by molar-refractivity contribution is 7.89. The zero-order valence-electron chi connectivity index (χ0n) is 12.3. The Hall–Kier alpha value is -1.40. The molecule has 0 spiro atoms. The third-order valence-corrected chi connectivity index (χ3v) is 5.60. The minimum absolute atomic E-state index is 0.0214. The smallest absolute Gasteiger partial charge is 0.335 e. The molecular formula is C15H21NO4S. The second-order valence-electron chi connectivity index (χ2n) is 5.64. The van der Waals surface area contributed by atoms with Crippen LogP contribution >= 0.6 is 0 Å². The van der Waals surface area contributed by atoms with Crippen molar-refractivity contribution in [3.8, 4) is 0 Å². The van der Waals surface area contributed by atoms with Gasteiger partial charge in [0.1, 0.15) is 0 Å². The van der Waals surface area contributed by atoms with Gasteiger partial charge in [0.05, 0.1) is 10.5 Å². The lowest BCUT2D eigenvalue weighted by Gasteiger charge is -2.18. The average Bonchev–Trinajstić information content (AvgIpc) is 3.21. The van der Waals surface area contributed by atoms with Crippen molar-refractivity contribution in [3.05, 3.63) is 29.3 Å². The first-order valence-electron chi connectivity index (χ1n) is 7.20. The molecule has 116 valence electrons. The summed E-state index contributed by atoms with van der Waals surface area (Å²) in [7, 11) is -3.69. The number of sulfonamides is 1. The maximum atomic E-state index is 12.5. The van der Waals surface area contributed by atoms with Crippen molar-refractivity contribution >= 4 is 16.0 Å². The van der Waals surface area contributed by atoms with Crippen LogP contribution < -0.4 is 4.72 Å². The largest absolute Gasteiger partial charge is 0.478 e. The second kappa shape index (κ2) is 6.15. The standard InChI is InChI=1S/C15H21NO4S/c1-3-12(9-11-7-8-11)16-21(19,20)14-6-4-5-13(10(14)2)15(17)18/h4-6,11-12,16H,3,7-9H2,1-2H3,(H,17,18). The number of rotatable bonds is 7. The number of carboxylic acid groups (broad SMARTS) is 1. The topological polar surface area (TPSA) is 83.5 Å². The number of hydrogen-bond donors (Lipinski definition) is 2.